The van der Waals surface area contributed by atoms with E-state index >= 15 is 0 Å². The standard InChI is InChI=1S/C63H114O6/c1-4-7-10-13-16-19-22-25-28-30-32-34-35-38-41-44-47-50-53-56-62(65)68-59-60(58-67-61(64)55-52-49-46-43-40-37-27-24-21-18-15-12-9-6-3)69-63(66)57-54-51-48-45-42-39-36-33-31-29-26-23-20-17-14-11-8-5-2/h16,19,22,25,33,36-37,40,60H,4-15,17-18,20-21,23-24,26-32,34-35,38-39,41-59H2,1-3H3/b19-16-,25-22-,36-33-,40-37-. The Bertz CT molecular complexity index is 1200. The summed E-state index contributed by atoms with van der Waals surface area (Å²) < 4.78 is 16.9. The molecule has 0 rings (SSSR count). The number of unbranched alkanes of at least 4 members (excludes halogenated alkanes) is 37. The summed E-state index contributed by atoms with van der Waals surface area (Å²) >= 11 is 0. The van der Waals surface area contributed by atoms with Gasteiger partial charge in [0, 0.05) is 19.3 Å². The Morgan fingerprint density at radius 1 is 0.290 bits per heavy atom. The number of carbonyl (C=O) groups excluding carboxylic acids is 3. The lowest BCUT2D eigenvalue weighted by Gasteiger charge is -2.18. The lowest BCUT2D eigenvalue weighted by molar-refractivity contribution is -0.167. The molecule has 0 heterocycles. The van der Waals surface area contributed by atoms with E-state index in [1.807, 2.05) is 0 Å². The van der Waals surface area contributed by atoms with E-state index in [0.717, 1.165) is 77.0 Å². The van der Waals surface area contributed by atoms with Crippen LogP contribution >= 0.6 is 0 Å². The number of hydrogen-bond acceptors (Lipinski definition) is 6. The zero-order chi connectivity index (χ0) is 50.0. The molecule has 0 spiro atoms. The molecule has 0 radical (unpaired) electrons. The van der Waals surface area contributed by atoms with Crippen molar-refractivity contribution in [2.75, 3.05) is 13.2 Å². The Hall–Kier alpha value is -2.63. The molecule has 69 heavy (non-hydrogen) atoms. The highest BCUT2D eigenvalue weighted by Gasteiger charge is 2.19. The fraction of sp³-hybridized carbons (Fsp3) is 0.825. The highest BCUT2D eigenvalue weighted by atomic mass is 16.6. The van der Waals surface area contributed by atoms with E-state index in [1.54, 1.807) is 0 Å². The zero-order valence-corrected chi connectivity index (χ0v) is 46.1. The van der Waals surface area contributed by atoms with Gasteiger partial charge in [0.15, 0.2) is 6.10 Å². The largest absolute Gasteiger partial charge is 0.462 e. The molecule has 6 nitrogen and oxygen atoms in total. The summed E-state index contributed by atoms with van der Waals surface area (Å²) in [5.74, 6) is -0.894. The quantitative estimate of drug-likeness (QED) is 0.0199. The number of allylic oxidation sites excluding steroid dienone is 8. The van der Waals surface area contributed by atoms with E-state index in [0.29, 0.717) is 19.3 Å². The van der Waals surface area contributed by atoms with Crippen LogP contribution in [0.15, 0.2) is 48.6 Å². The maximum atomic E-state index is 12.9. The molecular formula is C63H114O6. The second-order valence-electron chi connectivity index (χ2n) is 20.3. The van der Waals surface area contributed by atoms with Crippen molar-refractivity contribution in [3.05, 3.63) is 48.6 Å². The highest BCUT2D eigenvalue weighted by Crippen LogP contribution is 2.16. The van der Waals surface area contributed by atoms with Crippen molar-refractivity contribution in [1.29, 1.82) is 0 Å². The molecule has 0 saturated carbocycles. The van der Waals surface area contributed by atoms with E-state index in [4.69, 9.17) is 14.2 Å². The minimum atomic E-state index is -0.784. The van der Waals surface area contributed by atoms with Gasteiger partial charge in [-0.15, -0.1) is 0 Å². The number of ether oxygens (including phenoxy) is 3. The predicted molar refractivity (Wildman–Crippen MR) is 298 cm³/mol. The van der Waals surface area contributed by atoms with Gasteiger partial charge in [-0.1, -0.05) is 249 Å². The maximum Gasteiger partial charge on any atom is 0.306 e. The van der Waals surface area contributed by atoms with Crippen LogP contribution in [0.5, 0.6) is 0 Å². The van der Waals surface area contributed by atoms with Gasteiger partial charge in [-0.25, -0.2) is 0 Å². The van der Waals surface area contributed by atoms with Crippen LogP contribution in [-0.4, -0.2) is 37.2 Å². The van der Waals surface area contributed by atoms with E-state index in [1.165, 1.54) is 199 Å². The number of rotatable bonds is 55. The Morgan fingerprint density at radius 2 is 0.522 bits per heavy atom. The summed E-state index contributed by atoms with van der Waals surface area (Å²) in [6.45, 7) is 6.62. The first-order chi connectivity index (χ1) is 34.0. The fourth-order valence-corrected chi connectivity index (χ4v) is 8.72. The van der Waals surface area contributed by atoms with Crippen molar-refractivity contribution < 1.29 is 28.6 Å². The molecule has 1 unspecified atom stereocenters. The van der Waals surface area contributed by atoms with Gasteiger partial charge < -0.3 is 14.2 Å². The molecule has 0 aliphatic carbocycles. The Kier molecular flexibility index (Phi) is 55.7. The predicted octanol–water partition coefficient (Wildman–Crippen LogP) is 20.2. The van der Waals surface area contributed by atoms with Crippen LogP contribution in [0.3, 0.4) is 0 Å². The lowest BCUT2D eigenvalue weighted by atomic mass is 10.1. The summed E-state index contributed by atoms with van der Waals surface area (Å²) in [5, 5.41) is 0. The smallest absolute Gasteiger partial charge is 0.306 e. The monoisotopic (exact) mass is 967 g/mol. The van der Waals surface area contributed by atoms with Crippen LogP contribution in [0.25, 0.3) is 0 Å². The van der Waals surface area contributed by atoms with E-state index in [-0.39, 0.29) is 31.1 Å². The molecule has 0 aliphatic heterocycles. The minimum Gasteiger partial charge on any atom is -0.462 e. The van der Waals surface area contributed by atoms with Crippen LogP contribution < -0.4 is 0 Å². The molecule has 0 bridgehead atoms. The first-order valence-corrected chi connectivity index (χ1v) is 30.2. The summed E-state index contributed by atoms with van der Waals surface area (Å²) in [5.41, 5.74) is 0. The number of hydrogen-bond donors (Lipinski definition) is 0. The molecule has 0 aromatic heterocycles. The van der Waals surface area contributed by atoms with Gasteiger partial charge in [0.25, 0.3) is 0 Å². The molecule has 0 saturated heterocycles. The molecule has 1 atom stereocenters. The average Bonchev–Trinajstić information content (AvgIpc) is 3.35. The van der Waals surface area contributed by atoms with Gasteiger partial charge in [-0.3, -0.25) is 14.4 Å². The SMILES string of the molecule is CCCCC/C=C\C=C/CCCCCCCCCCCCC(=O)OCC(COC(=O)CCCCC/C=C\CCCCCCCCC)OC(=O)CCCCCCC/C=C\CCCCCCCCCCC. The van der Waals surface area contributed by atoms with Gasteiger partial charge in [-0.2, -0.15) is 0 Å². The molecule has 0 aliphatic rings. The van der Waals surface area contributed by atoms with Crippen LogP contribution in [0, 0.1) is 0 Å². The van der Waals surface area contributed by atoms with Crippen molar-refractivity contribution in [1.82, 2.24) is 0 Å². The van der Waals surface area contributed by atoms with Crippen LogP contribution in [-0.2, 0) is 28.6 Å². The van der Waals surface area contributed by atoms with Gasteiger partial charge in [0.05, 0.1) is 0 Å². The average molecular weight is 968 g/mol. The van der Waals surface area contributed by atoms with Crippen molar-refractivity contribution in [3.63, 3.8) is 0 Å². The zero-order valence-electron chi connectivity index (χ0n) is 46.1. The molecule has 402 valence electrons. The first kappa shape index (κ1) is 66.4. The summed E-state index contributed by atoms with van der Waals surface area (Å²) in [6, 6.07) is 0. The summed E-state index contributed by atoms with van der Waals surface area (Å²) in [7, 11) is 0. The lowest BCUT2D eigenvalue weighted by Crippen LogP contribution is -2.30. The second-order valence-corrected chi connectivity index (χ2v) is 20.3. The molecule has 0 fully saturated rings. The molecule has 0 aromatic rings. The molecule has 0 aromatic carbocycles. The highest BCUT2D eigenvalue weighted by molar-refractivity contribution is 5.71. The fourth-order valence-electron chi connectivity index (χ4n) is 8.72. The normalized spacial score (nSPS) is 12.3. The third-order valence-electron chi connectivity index (χ3n) is 13.3. The summed E-state index contributed by atoms with van der Waals surface area (Å²) in [4.78, 5) is 38.2. The number of esters is 3. The van der Waals surface area contributed by atoms with E-state index < -0.39 is 6.10 Å². The van der Waals surface area contributed by atoms with Gasteiger partial charge >= 0.3 is 17.9 Å². The van der Waals surface area contributed by atoms with Crippen molar-refractivity contribution in [2.45, 2.75) is 322 Å². The van der Waals surface area contributed by atoms with Crippen molar-refractivity contribution in [2.24, 2.45) is 0 Å². The third kappa shape index (κ3) is 56.2. The Morgan fingerprint density at radius 3 is 0.855 bits per heavy atom. The number of carbonyl (C=O) groups is 3. The minimum absolute atomic E-state index is 0.0812. The Balaban J connectivity index is 4.37. The molecule has 0 amide bonds. The topological polar surface area (TPSA) is 78.9 Å². The van der Waals surface area contributed by atoms with Crippen molar-refractivity contribution in [3.8, 4) is 0 Å². The van der Waals surface area contributed by atoms with Crippen LogP contribution in [0.4, 0.5) is 0 Å². The van der Waals surface area contributed by atoms with Crippen LogP contribution in [0.2, 0.25) is 0 Å². The van der Waals surface area contributed by atoms with E-state index in [2.05, 4.69) is 69.4 Å². The first-order valence-electron chi connectivity index (χ1n) is 30.2. The Labute approximate surface area is 428 Å². The van der Waals surface area contributed by atoms with Gasteiger partial charge in [0.2, 0.25) is 0 Å². The molecule has 0 N–H and O–H groups in total. The van der Waals surface area contributed by atoms with Crippen molar-refractivity contribution >= 4 is 17.9 Å². The van der Waals surface area contributed by atoms with E-state index in [9.17, 15) is 14.4 Å². The molecule has 6 heteroatoms. The summed E-state index contributed by atoms with van der Waals surface area (Å²) in [6.07, 6.45) is 71.0. The van der Waals surface area contributed by atoms with Gasteiger partial charge in [0.1, 0.15) is 13.2 Å². The maximum absolute atomic E-state index is 12.9. The van der Waals surface area contributed by atoms with Crippen LogP contribution in [0.1, 0.15) is 316 Å². The third-order valence-corrected chi connectivity index (χ3v) is 13.3. The molecular weight excluding hydrogens is 853 g/mol. The second kappa shape index (κ2) is 57.9. The van der Waals surface area contributed by atoms with Gasteiger partial charge in [-0.05, 0) is 96.3 Å².